The lowest BCUT2D eigenvalue weighted by Gasteiger charge is -2.28. The Hall–Kier alpha value is 0.114. The minimum atomic E-state index is -2.40. The largest absolute Gasteiger partial charge is 0.500 e. The fourth-order valence-electron chi connectivity index (χ4n) is 2.80. The summed E-state index contributed by atoms with van der Waals surface area (Å²) in [7, 11) is -2.82. The molecule has 0 heterocycles. The molecule has 0 fully saturated rings. The van der Waals surface area contributed by atoms with Crippen molar-refractivity contribution in [2.45, 2.75) is 66.5 Å². The van der Waals surface area contributed by atoms with Crippen LogP contribution < -0.4 is 11.1 Å². The van der Waals surface area contributed by atoms with Gasteiger partial charge in [0.1, 0.15) is 0 Å². The van der Waals surface area contributed by atoms with Crippen molar-refractivity contribution >= 4 is 17.6 Å². The van der Waals surface area contributed by atoms with Crippen molar-refractivity contribution in [3.05, 3.63) is 0 Å². The zero-order chi connectivity index (χ0) is 22.4. The molecule has 0 bridgehead atoms. The summed E-state index contributed by atoms with van der Waals surface area (Å²) in [6.45, 7) is 17.3. The van der Waals surface area contributed by atoms with Gasteiger partial charge in [0, 0.05) is 51.7 Å². The standard InChI is InChI=1S/C10H25NO3Si.C9H23NO3Si/c1-5-12-15(13-6-2,14-7-3)10-8-9-11-4;1-4-11-14(12-5-2,13-6-3)9-7-8-10/h11H,5-10H2,1-4H3;4-10H2,1-3H3. The summed E-state index contributed by atoms with van der Waals surface area (Å²) >= 11 is 0. The fourth-order valence-corrected chi connectivity index (χ4v) is 8.05. The van der Waals surface area contributed by atoms with Crippen LogP contribution in [0.2, 0.25) is 12.1 Å². The number of rotatable bonds is 19. The van der Waals surface area contributed by atoms with Gasteiger partial charge in [-0.1, -0.05) is 0 Å². The van der Waals surface area contributed by atoms with E-state index in [1.54, 1.807) is 0 Å². The van der Waals surface area contributed by atoms with Gasteiger partial charge in [0.15, 0.2) is 0 Å². The molecule has 0 aromatic rings. The van der Waals surface area contributed by atoms with E-state index in [2.05, 4.69) is 5.32 Å². The van der Waals surface area contributed by atoms with Gasteiger partial charge in [0.05, 0.1) is 0 Å². The monoisotopic (exact) mass is 456 g/mol. The molecule has 3 N–H and O–H groups in total. The second-order valence-electron chi connectivity index (χ2n) is 6.06. The Morgan fingerprint density at radius 2 is 0.897 bits per heavy atom. The van der Waals surface area contributed by atoms with Crippen molar-refractivity contribution in [3.8, 4) is 0 Å². The number of nitrogens with two attached hydrogens (primary N) is 1. The van der Waals surface area contributed by atoms with E-state index < -0.39 is 17.6 Å². The van der Waals surface area contributed by atoms with E-state index in [1.807, 2.05) is 48.6 Å². The number of hydrogen-bond donors (Lipinski definition) is 2. The molecule has 29 heavy (non-hydrogen) atoms. The molecule has 0 unspecified atom stereocenters. The molecule has 0 amide bonds. The SMILES string of the molecule is CCO[Si](CCCN)(OCC)OCC.CCO[Si](CCCNC)(OCC)OCC. The maximum Gasteiger partial charge on any atom is 0.500 e. The molecule has 0 saturated carbocycles. The molecule has 0 aliphatic rings. The van der Waals surface area contributed by atoms with Gasteiger partial charge in [-0.2, -0.15) is 0 Å². The van der Waals surface area contributed by atoms with E-state index in [1.165, 1.54) is 0 Å². The molecular formula is C19H48N2O6Si2. The maximum absolute atomic E-state index is 5.72. The third-order valence-corrected chi connectivity index (χ3v) is 10.1. The van der Waals surface area contributed by atoms with Gasteiger partial charge in [-0.3, -0.25) is 0 Å². The van der Waals surface area contributed by atoms with Crippen molar-refractivity contribution in [2.75, 3.05) is 59.8 Å². The molecule has 0 spiro atoms. The zero-order valence-corrected chi connectivity index (χ0v) is 22.0. The summed E-state index contributed by atoms with van der Waals surface area (Å²) in [4.78, 5) is 0. The second kappa shape index (κ2) is 21.3. The van der Waals surface area contributed by atoms with E-state index in [-0.39, 0.29) is 0 Å². The quantitative estimate of drug-likeness (QED) is 0.226. The first-order chi connectivity index (χ1) is 14.0. The lowest BCUT2D eigenvalue weighted by atomic mass is 10.5. The van der Waals surface area contributed by atoms with Crippen molar-refractivity contribution in [1.82, 2.24) is 5.32 Å². The van der Waals surface area contributed by atoms with Crippen LogP contribution in [-0.2, 0) is 26.6 Å². The van der Waals surface area contributed by atoms with E-state index in [4.69, 9.17) is 32.3 Å². The normalized spacial score (nSPS) is 12.0. The van der Waals surface area contributed by atoms with Crippen molar-refractivity contribution < 1.29 is 26.6 Å². The number of nitrogens with one attached hydrogen (secondary N) is 1. The molecule has 0 atom stereocenters. The Kier molecular flexibility index (Phi) is 23.0. The average Bonchev–Trinajstić information content (AvgIpc) is 2.68. The predicted molar refractivity (Wildman–Crippen MR) is 123 cm³/mol. The maximum atomic E-state index is 5.72. The minimum absolute atomic E-state index is 0.636. The topological polar surface area (TPSA) is 93.4 Å². The van der Waals surface area contributed by atoms with Gasteiger partial charge >= 0.3 is 17.6 Å². The van der Waals surface area contributed by atoms with E-state index in [0.29, 0.717) is 46.2 Å². The lowest BCUT2D eigenvalue weighted by Crippen LogP contribution is -2.46. The molecule has 0 aromatic heterocycles. The Labute approximate surface area is 181 Å². The highest BCUT2D eigenvalue weighted by molar-refractivity contribution is 6.61. The molecule has 8 nitrogen and oxygen atoms in total. The molecule has 0 radical (unpaired) electrons. The average molecular weight is 457 g/mol. The third-order valence-electron chi connectivity index (χ3n) is 3.78. The van der Waals surface area contributed by atoms with Gasteiger partial charge < -0.3 is 37.6 Å². The summed E-state index contributed by atoms with van der Waals surface area (Å²) in [5.41, 5.74) is 5.48. The molecule has 0 rings (SSSR count). The fraction of sp³-hybridized carbons (Fsp3) is 1.00. The summed E-state index contributed by atoms with van der Waals surface area (Å²) in [6.07, 6.45) is 1.93. The van der Waals surface area contributed by atoms with Gasteiger partial charge in [-0.05, 0) is 74.5 Å². The van der Waals surface area contributed by atoms with E-state index in [9.17, 15) is 0 Å². The van der Waals surface area contributed by atoms with Crippen LogP contribution in [0.25, 0.3) is 0 Å². The summed E-state index contributed by atoms with van der Waals surface area (Å²) in [5.74, 6) is 0. The van der Waals surface area contributed by atoms with Gasteiger partial charge in [0.2, 0.25) is 0 Å². The van der Waals surface area contributed by atoms with Crippen LogP contribution in [-0.4, -0.2) is 77.4 Å². The third kappa shape index (κ3) is 15.5. The highest BCUT2D eigenvalue weighted by atomic mass is 28.4. The number of hydrogen-bond acceptors (Lipinski definition) is 8. The van der Waals surface area contributed by atoms with Crippen molar-refractivity contribution in [2.24, 2.45) is 5.73 Å². The van der Waals surface area contributed by atoms with Crippen LogP contribution in [0.1, 0.15) is 54.4 Å². The zero-order valence-electron chi connectivity index (χ0n) is 20.0. The van der Waals surface area contributed by atoms with Crippen LogP contribution in [0, 0.1) is 0 Å². The van der Waals surface area contributed by atoms with Crippen LogP contribution >= 0.6 is 0 Å². The second-order valence-corrected chi connectivity index (χ2v) is 11.5. The van der Waals surface area contributed by atoms with Crippen molar-refractivity contribution in [3.63, 3.8) is 0 Å². The Balaban J connectivity index is 0. The highest BCUT2D eigenvalue weighted by Gasteiger charge is 2.40. The first-order valence-corrected chi connectivity index (χ1v) is 15.0. The predicted octanol–water partition coefficient (Wildman–Crippen LogP) is 3.03. The lowest BCUT2D eigenvalue weighted by molar-refractivity contribution is 0.0701. The Bertz CT molecular complexity index is 310. The van der Waals surface area contributed by atoms with Crippen molar-refractivity contribution in [1.29, 1.82) is 0 Å². The highest BCUT2D eigenvalue weighted by Crippen LogP contribution is 2.18. The van der Waals surface area contributed by atoms with Gasteiger partial charge in [-0.25, -0.2) is 0 Å². The first kappa shape index (κ1) is 31.3. The summed E-state index contributed by atoms with van der Waals surface area (Å²) in [5, 5.41) is 3.12. The minimum Gasteiger partial charge on any atom is -0.374 e. The van der Waals surface area contributed by atoms with Gasteiger partial charge in [0.25, 0.3) is 0 Å². The molecule has 10 heteroatoms. The molecule has 178 valence electrons. The molecule has 0 aromatic carbocycles. The first-order valence-electron chi connectivity index (χ1n) is 11.2. The summed E-state index contributed by atoms with van der Waals surface area (Å²) < 4.78 is 34.1. The Morgan fingerprint density at radius 1 is 0.586 bits per heavy atom. The van der Waals surface area contributed by atoms with Crippen LogP contribution in [0.3, 0.4) is 0 Å². The van der Waals surface area contributed by atoms with Crippen LogP contribution in [0.15, 0.2) is 0 Å². The summed E-state index contributed by atoms with van der Waals surface area (Å²) in [6, 6.07) is 1.71. The Morgan fingerprint density at radius 3 is 1.14 bits per heavy atom. The van der Waals surface area contributed by atoms with E-state index in [0.717, 1.165) is 31.5 Å². The van der Waals surface area contributed by atoms with Gasteiger partial charge in [-0.15, -0.1) is 0 Å². The smallest absolute Gasteiger partial charge is 0.374 e. The molecular weight excluding hydrogens is 408 g/mol. The molecule has 0 aliphatic carbocycles. The molecule has 0 aliphatic heterocycles. The molecule has 0 saturated heterocycles. The van der Waals surface area contributed by atoms with Crippen LogP contribution in [0.5, 0.6) is 0 Å². The van der Waals surface area contributed by atoms with Crippen LogP contribution in [0.4, 0.5) is 0 Å². The van der Waals surface area contributed by atoms with E-state index >= 15 is 0 Å².